The second-order valence-corrected chi connectivity index (χ2v) is 6.21. The lowest BCUT2D eigenvalue weighted by Crippen LogP contribution is -2.13. The summed E-state index contributed by atoms with van der Waals surface area (Å²) in [4.78, 5) is 35.7. The molecule has 2 rings (SSSR count). The molecule has 6 nitrogen and oxygen atoms in total. The molecule has 0 heterocycles. The van der Waals surface area contributed by atoms with Gasteiger partial charge in [0.1, 0.15) is 5.75 Å². The zero-order valence-corrected chi connectivity index (χ0v) is 16.6. The molecule has 0 aromatic heterocycles. The van der Waals surface area contributed by atoms with Crippen LogP contribution in [0.25, 0.3) is 6.08 Å². The number of hydrogen-bond donors (Lipinski definition) is 1. The third kappa shape index (κ3) is 7.25. The molecule has 0 bridgehead atoms. The number of benzene rings is 2. The van der Waals surface area contributed by atoms with Crippen molar-refractivity contribution in [2.24, 2.45) is 0 Å². The van der Waals surface area contributed by atoms with Crippen LogP contribution in [-0.2, 0) is 14.3 Å². The van der Waals surface area contributed by atoms with E-state index in [1.807, 2.05) is 38.1 Å². The predicted octanol–water partition coefficient (Wildman–Crippen LogP) is 4.26. The average Bonchev–Trinajstić information content (AvgIpc) is 2.72. The van der Waals surface area contributed by atoms with Crippen LogP contribution in [0.4, 0.5) is 5.69 Å². The molecule has 0 spiro atoms. The third-order valence-electron chi connectivity index (χ3n) is 3.93. The van der Waals surface area contributed by atoms with Gasteiger partial charge in [-0.05, 0) is 49.8 Å². The molecule has 6 heteroatoms. The molecule has 0 radical (unpaired) electrons. The van der Waals surface area contributed by atoms with Gasteiger partial charge in [-0.15, -0.1) is 0 Å². The van der Waals surface area contributed by atoms with Crippen LogP contribution in [0.15, 0.2) is 54.6 Å². The first-order valence-electron chi connectivity index (χ1n) is 9.53. The number of ketones is 1. The Morgan fingerprint density at radius 1 is 1.00 bits per heavy atom. The lowest BCUT2D eigenvalue weighted by Gasteiger charge is -2.07. The van der Waals surface area contributed by atoms with Crippen LogP contribution in [0.3, 0.4) is 0 Å². The van der Waals surface area contributed by atoms with E-state index in [1.165, 1.54) is 6.08 Å². The van der Waals surface area contributed by atoms with Crippen LogP contribution in [0.2, 0.25) is 0 Å². The molecule has 1 amide bonds. The summed E-state index contributed by atoms with van der Waals surface area (Å²) in [5.74, 6) is -0.347. The van der Waals surface area contributed by atoms with Crippen molar-refractivity contribution in [1.29, 1.82) is 0 Å². The Morgan fingerprint density at radius 2 is 1.72 bits per heavy atom. The normalized spacial score (nSPS) is 10.6. The Kier molecular flexibility index (Phi) is 8.63. The van der Waals surface area contributed by atoms with Crippen LogP contribution in [-0.4, -0.2) is 30.9 Å². The fraction of sp³-hybridized carbons (Fsp3) is 0.261. The fourth-order valence-electron chi connectivity index (χ4n) is 2.52. The summed E-state index contributed by atoms with van der Waals surface area (Å²) in [5.41, 5.74) is 1.77. The van der Waals surface area contributed by atoms with Crippen LogP contribution in [0, 0.1) is 0 Å². The molecule has 0 unspecified atom stereocenters. The number of ether oxygens (including phenoxy) is 2. The van der Waals surface area contributed by atoms with Gasteiger partial charge in [-0.2, -0.15) is 0 Å². The number of hydrogen-bond acceptors (Lipinski definition) is 5. The van der Waals surface area contributed by atoms with Crippen LogP contribution in [0.5, 0.6) is 5.75 Å². The third-order valence-corrected chi connectivity index (χ3v) is 3.93. The highest BCUT2D eigenvalue weighted by Crippen LogP contribution is 2.19. The maximum Gasteiger partial charge on any atom is 0.331 e. The number of nitrogens with one attached hydrogen (secondary N) is 1. The van der Waals surface area contributed by atoms with Gasteiger partial charge in [0.15, 0.2) is 12.4 Å². The maximum atomic E-state index is 12.2. The van der Waals surface area contributed by atoms with Gasteiger partial charge in [-0.3, -0.25) is 9.59 Å². The number of para-hydroxylation sites is 1. The molecule has 0 atom stereocenters. The maximum absolute atomic E-state index is 12.2. The first-order valence-corrected chi connectivity index (χ1v) is 9.53. The van der Waals surface area contributed by atoms with E-state index in [4.69, 9.17) is 9.47 Å². The molecule has 0 saturated heterocycles. The van der Waals surface area contributed by atoms with Gasteiger partial charge < -0.3 is 14.8 Å². The molecule has 0 aliphatic heterocycles. The Morgan fingerprint density at radius 3 is 2.41 bits per heavy atom. The number of amides is 1. The van der Waals surface area contributed by atoms with E-state index < -0.39 is 5.97 Å². The summed E-state index contributed by atoms with van der Waals surface area (Å²) in [6.07, 6.45) is 4.06. The highest BCUT2D eigenvalue weighted by Gasteiger charge is 2.09. The van der Waals surface area contributed by atoms with E-state index in [9.17, 15) is 14.4 Å². The Balaban J connectivity index is 1.87. The quantitative estimate of drug-likeness (QED) is 0.369. The second-order valence-electron chi connectivity index (χ2n) is 6.21. The van der Waals surface area contributed by atoms with E-state index in [-0.39, 0.29) is 18.3 Å². The summed E-state index contributed by atoms with van der Waals surface area (Å²) in [6, 6.07) is 13.8. The number of carbonyl (C=O) groups is 3. The van der Waals surface area contributed by atoms with E-state index in [1.54, 1.807) is 30.3 Å². The predicted molar refractivity (Wildman–Crippen MR) is 112 cm³/mol. The minimum Gasteiger partial charge on any atom is -0.493 e. The van der Waals surface area contributed by atoms with Crippen molar-refractivity contribution in [2.45, 2.75) is 26.7 Å². The molecule has 0 saturated carbocycles. The highest BCUT2D eigenvalue weighted by molar-refractivity contribution is 5.99. The number of Topliss-reactive ketones (excluding diaryl/α,β-unsaturated/α-hetero) is 1. The van der Waals surface area contributed by atoms with Crippen molar-refractivity contribution >= 4 is 29.4 Å². The zero-order valence-electron chi connectivity index (χ0n) is 16.6. The van der Waals surface area contributed by atoms with Crippen molar-refractivity contribution in [1.82, 2.24) is 0 Å². The minimum atomic E-state index is -0.617. The molecule has 2 aromatic carbocycles. The minimum absolute atomic E-state index is 0.0711. The Labute approximate surface area is 170 Å². The number of anilines is 1. The standard InChI is InChI=1S/C23H25NO5/c1-3-7-22(26)24-19-13-10-17(11-14-19)20(25)16-29-23(27)15-12-18-8-5-6-9-21(18)28-4-2/h5-6,8-15H,3-4,7,16H2,1-2H3,(H,24,26)/b15-12+. The zero-order chi connectivity index (χ0) is 21.1. The van der Waals surface area contributed by atoms with Gasteiger partial charge in [0.05, 0.1) is 6.61 Å². The van der Waals surface area contributed by atoms with Crippen molar-refractivity contribution in [3.63, 3.8) is 0 Å². The van der Waals surface area contributed by atoms with Crippen molar-refractivity contribution in [3.05, 3.63) is 65.7 Å². The number of esters is 1. The Hall–Kier alpha value is -3.41. The van der Waals surface area contributed by atoms with Gasteiger partial charge >= 0.3 is 5.97 Å². The van der Waals surface area contributed by atoms with Gasteiger partial charge in [0.2, 0.25) is 5.91 Å². The molecule has 29 heavy (non-hydrogen) atoms. The first-order chi connectivity index (χ1) is 14.0. The lowest BCUT2D eigenvalue weighted by molar-refractivity contribution is -0.136. The van der Waals surface area contributed by atoms with E-state index in [0.717, 1.165) is 12.0 Å². The second kappa shape index (κ2) is 11.4. The highest BCUT2D eigenvalue weighted by atomic mass is 16.5. The summed E-state index contributed by atoms with van der Waals surface area (Å²) >= 11 is 0. The molecule has 152 valence electrons. The van der Waals surface area contributed by atoms with Crippen molar-refractivity contribution in [3.8, 4) is 5.75 Å². The van der Waals surface area contributed by atoms with Crippen LogP contribution in [0.1, 0.15) is 42.6 Å². The van der Waals surface area contributed by atoms with Crippen molar-refractivity contribution in [2.75, 3.05) is 18.5 Å². The van der Waals surface area contributed by atoms with Crippen molar-refractivity contribution < 1.29 is 23.9 Å². The summed E-state index contributed by atoms with van der Waals surface area (Å²) in [7, 11) is 0. The average molecular weight is 395 g/mol. The first kappa shape index (κ1) is 21.9. The van der Waals surface area contributed by atoms with Crippen LogP contribution >= 0.6 is 0 Å². The molecule has 2 aromatic rings. The molecular formula is C23H25NO5. The van der Waals surface area contributed by atoms with Gasteiger partial charge in [-0.25, -0.2) is 4.79 Å². The monoisotopic (exact) mass is 395 g/mol. The number of rotatable bonds is 10. The summed E-state index contributed by atoms with van der Waals surface area (Å²) in [6.45, 7) is 3.96. The molecule has 0 fully saturated rings. The molecule has 0 aliphatic rings. The van der Waals surface area contributed by atoms with Gasteiger partial charge in [0, 0.05) is 29.3 Å². The van der Waals surface area contributed by atoms with E-state index in [0.29, 0.717) is 30.0 Å². The molecule has 1 N–H and O–H groups in total. The lowest BCUT2D eigenvalue weighted by atomic mass is 10.1. The summed E-state index contributed by atoms with van der Waals surface area (Å²) < 4.78 is 10.5. The summed E-state index contributed by atoms with van der Waals surface area (Å²) in [5, 5.41) is 2.75. The van der Waals surface area contributed by atoms with Gasteiger partial charge in [0.25, 0.3) is 0 Å². The van der Waals surface area contributed by atoms with Gasteiger partial charge in [-0.1, -0.05) is 25.1 Å². The topological polar surface area (TPSA) is 81.7 Å². The van der Waals surface area contributed by atoms with E-state index in [2.05, 4.69) is 5.32 Å². The Bertz CT molecular complexity index is 871. The largest absolute Gasteiger partial charge is 0.493 e. The SMILES string of the molecule is CCCC(=O)Nc1ccc(C(=O)COC(=O)/C=C/c2ccccc2OCC)cc1. The smallest absolute Gasteiger partial charge is 0.331 e. The number of carbonyl (C=O) groups excluding carboxylic acids is 3. The van der Waals surface area contributed by atoms with E-state index >= 15 is 0 Å². The fourth-order valence-corrected chi connectivity index (χ4v) is 2.52. The molecular weight excluding hydrogens is 370 g/mol. The molecule has 0 aliphatic carbocycles. The van der Waals surface area contributed by atoms with Crippen LogP contribution < -0.4 is 10.1 Å².